The van der Waals surface area contributed by atoms with Crippen LogP contribution in [0.4, 0.5) is 11.4 Å². The fourth-order valence-corrected chi connectivity index (χ4v) is 3.70. The van der Waals surface area contributed by atoms with Crippen molar-refractivity contribution in [3.63, 3.8) is 0 Å². The summed E-state index contributed by atoms with van der Waals surface area (Å²) in [6.07, 6.45) is 0. The summed E-state index contributed by atoms with van der Waals surface area (Å²) in [4.78, 5) is 48.5. The van der Waals surface area contributed by atoms with Crippen LogP contribution in [0.1, 0.15) is 67.8 Å². The van der Waals surface area contributed by atoms with Gasteiger partial charge in [-0.1, -0.05) is 12.1 Å². The van der Waals surface area contributed by atoms with E-state index in [0.717, 1.165) is 0 Å². The number of ketones is 1. The molecular formula is C27H26N2O7. The number of hydrogen-bond acceptors (Lipinski definition) is 6. The Hall–Kier alpha value is -4.50. The molecule has 3 rings (SSSR count). The van der Waals surface area contributed by atoms with Gasteiger partial charge >= 0.3 is 11.9 Å². The molecule has 3 aromatic carbocycles. The van der Waals surface area contributed by atoms with Crippen LogP contribution in [-0.2, 0) is 5.60 Å². The van der Waals surface area contributed by atoms with E-state index in [0.29, 0.717) is 28.1 Å². The van der Waals surface area contributed by atoms with Crippen LogP contribution in [0.3, 0.4) is 0 Å². The fourth-order valence-electron chi connectivity index (χ4n) is 3.70. The molecule has 5 N–H and O–H groups in total. The molecule has 0 saturated heterocycles. The van der Waals surface area contributed by atoms with Gasteiger partial charge in [0.2, 0.25) is 0 Å². The zero-order chi connectivity index (χ0) is 26.8. The van der Waals surface area contributed by atoms with Crippen molar-refractivity contribution in [2.24, 2.45) is 0 Å². The molecule has 186 valence electrons. The lowest BCUT2D eigenvalue weighted by molar-refractivity contribution is 0.0683. The summed E-state index contributed by atoms with van der Waals surface area (Å²) in [7, 11) is 1.69. The van der Waals surface area contributed by atoms with E-state index >= 15 is 0 Å². The summed E-state index contributed by atoms with van der Waals surface area (Å²) < 4.78 is 0. The molecule has 36 heavy (non-hydrogen) atoms. The number of Topliss-reactive ketones (excluding diaryl/α,β-unsaturated/α-hetero) is 1. The highest BCUT2D eigenvalue weighted by Crippen LogP contribution is 2.29. The van der Waals surface area contributed by atoms with Crippen molar-refractivity contribution in [1.82, 2.24) is 0 Å². The van der Waals surface area contributed by atoms with Crippen molar-refractivity contribution in [3.8, 4) is 11.1 Å². The Bertz CT molecular complexity index is 1390. The minimum atomic E-state index is -1.31. The Balaban J connectivity index is 2.08. The van der Waals surface area contributed by atoms with Gasteiger partial charge in [0.05, 0.1) is 22.3 Å². The van der Waals surface area contributed by atoms with Crippen molar-refractivity contribution in [2.45, 2.75) is 26.4 Å². The van der Waals surface area contributed by atoms with Crippen LogP contribution >= 0.6 is 0 Å². The molecule has 0 aliphatic carbocycles. The zero-order valence-corrected chi connectivity index (χ0v) is 20.2. The van der Waals surface area contributed by atoms with E-state index in [-0.39, 0.29) is 22.3 Å². The number of amides is 1. The van der Waals surface area contributed by atoms with Crippen LogP contribution in [0.15, 0.2) is 54.6 Å². The van der Waals surface area contributed by atoms with Gasteiger partial charge in [0.15, 0.2) is 5.78 Å². The molecular weight excluding hydrogens is 464 g/mol. The summed E-state index contributed by atoms with van der Waals surface area (Å²) in [6.45, 7) is 4.45. The van der Waals surface area contributed by atoms with Crippen LogP contribution in [0.25, 0.3) is 11.1 Å². The average molecular weight is 491 g/mol. The summed E-state index contributed by atoms with van der Waals surface area (Å²) in [5.74, 6) is -3.69. The van der Waals surface area contributed by atoms with Gasteiger partial charge in [0, 0.05) is 24.0 Å². The number of anilines is 2. The molecule has 0 radical (unpaired) electrons. The lowest BCUT2D eigenvalue weighted by Crippen LogP contribution is -2.19. The number of carbonyl (C=O) groups is 4. The number of carbonyl (C=O) groups excluding carboxylic acids is 2. The summed E-state index contributed by atoms with van der Waals surface area (Å²) in [6, 6.07) is 13.3. The van der Waals surface area contributed by atoms with E-state index in [2.05, 4.69) is 10.6 Å². The minimum absolute atomic E-state index is 0.00339. The Kier molecular flexibility index (Phi) is 7.26. The van der Waals surface area contributed by atoms with Crippen molar-refractivity contribution in [2.75, 3.05) is 17.7 Å². The largest absolute Gasteiger partial charge is 0.478 e. The number of aromatic carboxylic acids is 2. The number of carboxylic acids is 2. The van der Waals surface area contributed by atoms with Crippen molar-refractivity contribution < 1.29 is 34.5 Å². The Morgan fingerprint density at radius 1 is 0.722 bits per heavy atom. The first kappa shape index (κ1) is 26.1. The van der Waals surface area contributed by atoms with Gasteiger partial charge in [-0.05, 0) is 79.9 Å². The average Bonchev–Trinajstić information content (AvgIpc) is 2.82. The third kappa shape index (κ3) is 5.59. The SMILES string of the molecule is CNc1cc(NC(=O)c2cc(-c3ccc(C(=O)O)c(C(C)=O)c3)ccc2C(=O)O)cc(C(C)(C)O)c1. The number of rotatable bonds is 8. The number of aliphatic hydroxyl groups is 1. The molecule has 0 aliphatic heterocycles. The molecule has 0 heterocycles. The molecule has 0 fully saturated rings. The van der Waals surface area contributed by atoms with E-state index < -0.39 is 29.2 Å². The van der Waals surface area contributed by atoms with Gasteiger partial charge in [0.25, 0.3) is 5.91 Å². The first-order valence-electron chi connectivity index (χ1n) is 10.9. The van der Waals surface area contributed by atoms with Gasteiger partial charge in [0.1, 0.15) is 0 Å². The fraction of sp³-hybridized carbons (Fsp3) is 0.185. The first-order valence-corrected chi connectivity index (χ1v) is 10.9. The van der Waals surface area contributed by atoms with Crippen molar-refractivity contribution >= 4 is 35.0 Å². The monoisotopic (exact) mass is 490 g/mol. The molecule has 0 spiro atoms. The standard InChI is InChI=1S/C27H26N2O7/c1-14(30)22-9-15(5-7-20(22)25(32)33)16-6-8-21(26(34)35)23(10-16)24(31)29-19-12-17(27(2,3)36)11-18(13-19)28-4/h5-13,28,36H,1-4H3,(H,29,31)(H,32,33)(H,34,35). The minimum Gasteiger partial charge on any atom is -0.478 e. The second kappa shape index (κ2) is 10.0. The van der Waals surface area contributed by atoms with Gasteiger partial charge in [-0.2, -0.15) is 0 Å². The summed E-state index contributed by atoms with van der Waals surface area (Å²) in [5.41, 5.74) is 0.659. The molecule has 9 heteroatoms. The third-order valence-corrected chi connectivity index (χ3v) is 5.64. The predicted octanol–water partition coefficient (Wildman–Crippen LogP) is 4.47. The summed E-state index contributed by atoms with van der Waals surface area (Å²) in [5, 5.41) is 35.0. The first-order chi connectivity index (χ1) is 16.8. The van der Waals surface area contributed by atoms with Crippen LogP contribution in [0.5, 0.6) is 0 Å². The van der Waals surface area contributed by atoms with Crippen LogP contribution in [-0.4, -0.2) is 46.0 Å². The Morgan fingerprint density at radius 2 is 1.22 bits per heavy atom. The van der Waals surface area contributed by atoms with Crippen molar-refractivity contribution in [1.29, 1.82) is 0 Å². The topological polar surface area (TPSA) is 153 Å². The lowest BCUT2D eigenvalue weighted by Gasteiger charge is -2.20. The summed E-state index contributed by atoms with van der Waals surface area (Å²) >= 11 is 0. The zero-order valence-electron chi connectivity index (χ0n) is 20.2. The maximum Gasteiger partial charge on any atom is 0.336 e. The van der Waals surface area contributed by atoms with Gasteiger partial charge in [-0.25, -0.2) is 9.59 Å². The lowest BCUT2D eigenvalue weighted by atomic mass is 9.94. The van der Waals surface area contributed by atoms with E-state index in [1.165, 1.54) is 43.3 Å². The highest BCUT2D eigenvalue weighted by Gasteiger charge is 2.22. The Morgan fingerprint density at radius 3 is 1.69 bits per heavy atom. The molecule has 3 aromatic rings. The van der Waals surface area contributed by atoms with Crippen LogP contribution in [0, 0.1) is 0 Å². The predicted molar refractivity (Wildman–Crippen MR) is 135 cm³/mol. The number of nitrogens with one attached hydrogen (secondary N) is 2. The maximum atomic E-state index is 13.2. The van der Waals surface area contributed by atoms with Crippen LogP contribution < -0.4 is 10.6 Å². The number of carboxylic acid groups (broad SMARTS) is 2. The third-order valence-electron chi connectivity index (χ3n) is 5.64. The van der Waals surface area contributed by atoms with Gasteiger partial charge in [-0.15, -0.1) is 0 Å². The molecule has 1 amide bonds. The quantitative estimate of drug-likeness (QED) is 0.290. The van der Waals surface area contributed by atoms with E-state index in [4.69, 9.17) is 0 Å². The van der Waals surface area contributed by atoms with E-state index in [1.54, 1.807) is 39.1 Å². The molecule has 0 bridgehead atoms. The molecule has 0 aliphatic rings. The van der Waals surface area contributed by atoms with Crippen LogP contribution in [0.2, 0.25) is 0 Å². The van der Waals surface area contributed by atoms with Gasteiger partial charge < -0.3 is 26.0 Å². The highest BCUT2D eigenvalue weighted by molar-refractivity contribution is 6.12. The van der Waals surface area contributed by atoms with E-state index in [9.17, 15) is 34.5 Å². The number of benzene rings is 3. The smallest absolute Gasteiger partial charge is 0.336 e. The number of hydrogen-bond donors (Lipinski definition) is 5. The molecule has 9 nitrogen and oxygen atoms in total. The molecule has 0 aromatic heterocycles. The van der Waals surface area contributed by atoms with Gasteiger partial charge in [-0.3, -0.25) is 9.59 Å². The second-order valence-corrected chi connectivity index (χ2v) is 8.75. The van der Waals surface area contributed by atoms with E-state index in [1.807, 2.05) is 0 Å². The molecule has 0 unspecified atom stereocenters. The highest BCUT2D eigenvalue weighted by atomic mass is 16.4. The Labute approximate surface area is 207 Å². The molecule has 0 saturated carbocycles. The normalized spacial score (nSPS) is 11.0. The second-order valence-electron chi connectivity index (χ2n) is 8.75. The maximum absolute atomic E-state index is 13.2. The molecule has 0 atom stereocenters. The van der Waals surface area contributed by atoms with Crippen molar-refractivity contribution in [3.05, 3.63) is 82.4 Å².